The molecule has 0 bridgehead atoms. The van der Waals surface area contributed by atoms with Crippen LogP contribution in [-0.4, -0.2) is 37.1 Å². The van der Waals surface area contributed by atoms with Crippen LogP contribution >= 0.6 is 0 Å². The van der Waals surface area contributed by atoms with E-state index in [1.165, 1.54) is 25.7 Å². The average molecular weight is 268 g/mol. The van der Waals surface area contributed by atoms with Crippen LogP contribution in [0, 0.1) is 11.8 Å². The van der Waals surface area contributed by atoms with Gasteiger partial charge in [-0.3, -0.25) is 0 Å². The molecule has 110 valence electrons. The van der Waals surface area contributed by atoms with Gasteiger partial charge in [-0.1, -0.05) is 13.8 Å². The second-order valence-electron chi connectivity index (χ2n) is 7.26. The lowest BCUT2D eigenvalue weighted by atomic mass is 9.69. The lowest BCUT2D eigenvalue weighted by Gasteiger charge is -2.38. The second-order valence-corrected chi connectivity index (χ2v) is 7.26. The van der Waals surface area contributed by atoms with E-state index in [0.29, 0.717) is 18.1 Å². The van der Waals surface area contributed by atoms with E-state index in [-0.39, 0.29) is 11.2 Å². The SMILES string of the molecule is CO[C@@H]1CCC[C@]2(CO2)[C@H]1C1(C)OC1CCC(C)C. The highest BCUT2D eigenvalue weighted by molar-refractivity contribution is 5.17. The van der Waals surface area contributed by atoms with E-state index < -0.39 is 0 Å². The van der Waals surface area contributed by atoms with Gasteiger partial charge in [0.1, 0.15) is 5.60 Å². The zero-order valence-corrected chi connectivity index (χ0v) is 12.8. The van der Waals surface area contributed by atoms with Crippen molar-refractivity contribution in [3.05, 3.63) is 0 Å². The minimum atomic E-state index is -0.00745. The minimum Gasteiger partial charge on any atom is -0.381 e. The molecule has 0 amide bonds. The number of rotatable bonds is 5. The summed E-state index contributed by atoms with van der Waals surface area (Å²) >= 11 is 0. The number of ether oxygens (including phenoxy) is 3. The Labute approximate surface area is 117 Å². The quantitative estimate of drug-likeness (QED) is 0.718. The first-order valence-electron chi connectivity index (χ1n) is 7.86. The summed E-state index contributed by atoms with van der Waals surface area (Å²) in [6.45, 7) is 7.75. The molecule has 0 aromatic rings. The molecule has 5 atom stereocenters. The zero-order chi connectivity index (χ0) is 13.7. The van der Waals surface area contributed by atoms with Crippen molar-refractivity contribution >= 4 is 0 Å². The summed E-state index contributed by atoms with van der Waals surface area (Å²) in [5.74, 6) is 1.18. The molecule has 3 heteroatoms. The summed E-state index contributed by atoms with van der Waals surface area (Å²) in [5, 5.41) is 0. The van der Waals surface area contributed by atoms with Crippen molar-refractivity contribution in [3.63, 3.8) is 0 Å². The molecule has 3 fully saturated rings. The maximum absolute atomic E-state index is 6.14. The average Bonchev–Trinajstić information content (AvgIpc) is 3.26. The topological polar surface area (TPSA) is 34.3 Å². The van der Waals surface area contributed by atoms with Crippen molar-refractivity contribution in [2.24, 2.45) is 11.8 Å². The van der Waals surface area contributed by atoms with Gasteiger partial charge in [0.2, 0.25) is 0 Å². The molecule has 1 saturated carbocycles. The van der Waals surface area contributed by atoms with E-state index in [2.05, 4.69) is 20.8 Å². The molecule has 0 N–H and O–H groups in total. The fourth-order valence-corrected chi connectivity index (χ4v) is 4.20. The van der Waals surface area contributed by atoms with E-state index in [0.717, 1.165) is 18.9 Å². The Bertz CT molecular complexity index is 337. The monoisotopic (exact) mass is 268 g/mol. The van der Waals surface area contributed by atoms with Crippen LogP contribution in [0.15, 0.2) is 0 Å². The lowest BCUT2D eigenvalue weighted by molar-refractivity contribution is -0.0492. The number of epoxide rings is 2. The van der Waals surface area contributed by atoms with Crippen LogP contribution in [0.1, 0.15) is 52.9 Å². The zero-order valence-electron chi connectivity index (χ0n) is 12.8. The predicted octanol–water partition coefficient (Wildman–Crippen LogP) is 3.16. The Morgan fingerprint density at radius 1 is 1.37 bits per heavy atom. The molecule has 1 aliphatic carbocycles. The van der Waals surface area contributed by atoms with Crippen LogP contribution in [0.4, 0.5) is 0 Å². The molecule has 1 spiro atoms. The van der Waals surface area contributed by atoms with Crippen molar-refractivity contribution in [2.75, 3.05) is 13.7 Å². The summed E-state index contributed by atoms with van der Waals surface area (Å²) in [7, 11) is 1.84. The van der Waals surface area contributed by atoms with Gasteiger partial charge in [-0.25, -0.2) is 0 Å². The Morgan fingerprint density at radius 2 is 2.11 bits per heavy atom. The van der Waals surface area contributed by atoms with Gasteiger partial charge in [-0.15, -0.1) is 0 Å². The van der Waals surface area contributed by atoms with Crippen LogP contribution in [0.3, 0.4) is 0 Å². The number of methoxy groups -OCH3 is 1. The minimum absolute atomic E-state index is 0.00745. The van der Waals surface area contributed by atoms with Crippen LogP contribution in [0.5, 0.6) is 0 Å². The van der Waals surface area contributed by atoms with Crippen molar-refractivity contribution in [1.29, 1.82) is 0 Å². The normalized spacial score (nSPS) is 48.8. The first-order valence-corrected chi connectivity index (χ1v) is 7.86. The maximum atomic E-state index is 6.14. The summed E-state index contributed by atoms with van der Waals surface area (Å²) in [4.78, 5) is 0. The maximum Gasteiger partial charge on any atom is 0.100 e. The summed E-state index contributed by atoms with van der Waals surface area (Å²) in [5.41, 5.74) is 0.0761. The van der Waals surface area contributed by atoms with E-state index in [4.69, 9.17) is 14.2 Å². The summed E-state index contributed by atoms with van der Waals surface area (Å²) < 4.78 is 17.8. The van der Waals surface area contributed by atoms with Gasteiger partial charge in [-0.05, 0) is 44.9 Å². The van der Waals surface area contributed by atoms with E-state index in [1.807, 2.05) is 7.11 Å². The van der Waals surface area contributed by atoms with E-state index >= 15 is 0 Å². The summed E-state index contributed by atoms with van der Waals surface area (Å²) in [6.07, 6.45) is 6.72. The van der Waals surface area contributed by atoms with E-state index in [9.17, 15) is 0 Å². The Hall–Kier alpha value is -0.120. The van der Waals surface area contributed by atoms with Gasteiger partial charge >= 0.3 is 0 Å². The fourth-order valence-electron chi connectivity index (χ4n) is 4.20. The highest BCUT2D eigenvalue weighted by atomic mass is 16.6. The molecule has 3 nitrogen and oxygen atoms in total. The fraction of sp³-hybridized carbons (Fsp3) is 1.00. The Kier molecular flexibility index (Phi) is 3.43. The van der Waals surface area contributed by atoms with Gasteiger partial charge in [0, 0.05) is 13.0 Å². The van der Waals surface area contributed by atoms with Crippen molar-refractivity contribution < 1.29 is 14.2 Å². The van der Waals surface area contributed by atoms with Crippen LogP contribution in [0.25, 0.3) is 0 Å². The third-order valence-electron chi connectivity index (χ3n) is 5.45. The lowest BCUT2D eigenvalue weighted by Crippen LogP contribution is -2.48. The molecule has 2 unspecified atom stereocenters. The predicted molar refractivity (Wildman–Crippen MR) is 74.2 cm³/mol. The largest absolute Gasteiger partial charge is 0.381 e. The molecule has 3 rings (SSSR count). The molecule has 2 saturated heterocycles. The first-order chi connectivity index (χ1) is 9.02. The molecule has 2 heterocycles. The molecular formula is C16H28O3. The third-order valence-corrected chi connectivity index (χ3v) is 5.45. The molecule has 0 radical (unpaired) electrons. The van der Waals surface area contributed by atoms with Gasteiger partial charge in [0.25, 0.3) is 0 Å². The first kappa shape index (κ1) is 13.8. The molecule has 0 aromatic heterocycles. The number of hydrogen-bond donors (Lipinski definition) is 0. The van der Waals surface area contributed by atoms with Crippen LogP contribution in [-0.2, 0) is 14.2 Å². The summed E-state index contributed by atoms with van der Waals surface area (Å²) in [6, 6.07) is 0. The second kappa shape index (κ2) is 4.71. The Morgan fingerprint density at radius 3 is 2.68 bits per heavy atom. The highest BCUT2D eigenvalue weighted by Crippen LogP contribution is 2.59. The smallest absolute Gasteiger partial charge is 0.100 e. The Balaban J connectivity index is 1.69. The van der Waals surface area contributed by atoms with Crippen LogP contribution in [0.2, 0.25) is 0 Å². The molecular weight excluding hydrogens is 240 g/mol. The molecule has 3 aliphatic rings. The third kappa shape index (κ3) is 2.34. The standard InChI is InChI=1S/C16H28O3/c1-11(2)7-8-13-15(3,19-13)14-12(17-4)6-5-9-16(14)10-18-16/h11-14H,5-10H2,1-4H3/t12-,13?,14-,15?,16+/m1/s1. The number of hydrogen-bond acceptors (Lipinski definition) is 3. The van der Waals surface area contributed by atoms with Gasteiger partial charge in [-0.2, -0.15) is 0 Å². The van der Waals surface area contributed by atoms with Crippen molar-refractivity contribution in [1.82, 2.24) is 0 Å². The molecule has 19 heavy (non-hydrogen) atoms. The molecule has 2 aliphatic heterocycles. The highest BCUT2D eigenvalue weighted by Gasteiger charge is 2.70. The van der Waals surface area contributed by atoms with Crippen molar-refractivity contribution in [2.45, 2.75) is 76.3 Å². The van der Waals surface area contributed by atoms with Gasteiger partial charge < -0.3 is 14.2 Å². The van der Waals surface area contributed by atoms with Gasteiger partial charge in [0.05, 0.1) is 24.4 Å². The van der Waals surface area contributed by atoms with Gasteiger partial charge in [0.15, 0.2) is 0 Å². The van der Waals surface area contributed by atoms with Crippen molar-refractivity contribution in [3.8, 4) is 0 Å². The molecule has 0 aromatic carbocycles. The van der Waals surface area contributed by atoms with E-state index in [1.54, 1.807) is 0 Å². The van der Waals surface area contributed by atoms with Crippen LogP contribution < -0.4 is 0 Å².